The van der Waals surface area contributed by atoms with Gasteiger partial charge in [0.1, 0.15) is 23.2 Å². The van der Waals surface area contributed by atoms with Crippen LogP contribution in [0.4, 0.5) is 4.39 Å². The molecule has 4 rings (SSSR count). The highest BCUT2D eigenvalue weighted by molar-refractivity contribution is 5.95. The number of hydrogen-bond donors (Lipinski definition) is 0. The van der Waals surface area contributed by atoms with Gasteiger partial charge in [-0.25, -0.2) is 9.37 Å². The lowest BCUT2D eigenvalue weighted by atomic mass is 10.2. The number of nitriles is 1. The lowest BCUT2D eigenvalue weighted by Gasteiger charge is -2.13. The van der Waals surface area contributed by atoms with Crippen LogP contribution in [0.3, 0.4) is 0 Å². The fourth-order valence-electron chi connectivity index (χ4n) is 3.57. The van der Waals surface area contributed by atoms with Crippen LogP contribution in [-0.4, -0.2) is 19.9 Å². The molecule has 0 N–H and O–H groups in total. The molecule has 0 aliphatic heterocycles. The number of aryl methyl sites for hydroxylation is 2. The normalized spacial score (nSPS) is 11.8. The minimum Gasteiger partial charge on any atom is -0.309 e. The molecule has 0 fully saturated rings. The number of carbonyl (C=O) groups excluding carboxylic acids is 1. The Morgan fingerprint density at radius 2 is 1.97 bits per heavy atom. The summed E-state index contributed by atoms with van der Waals surface area (Å²) in [7, 11) is 0. The molecule has 32 heavy (non-hydrogen) atoms. The van der Waals surface area contributed by atoms with Crippen molar-refractivity contribution in [3.63, 3.8) is 0 Å². The van der Waals surface area contributed by atoms with Gasteiger partial charge in [-0.2, -0.15) is 10.3 Å². The van der Waals surface area contributed by atoms with Crippen molar-refractivity contribution in [3.8, 4) is 6.07 Å². The van der Waals surface area contributed by atoms with Gasteiger partial charge in [0, 0.05) is 18.3 Å². The number of pyridine rings is 2. The van der Waals surface area contributed by atoms with Crippen LogP contribution in [0.15, 0.2) is 58.4 Å². The summed E-state index contributed by atoms with van der Waals surface area (Å²) < 4.78 is 16.4. The van der Waals surface area contributed by atoms with Gasteiger partial charge in [-0.3, -0.25) is 14.0 Å². The van der Waals surface area contributed by atoms with Crippen LogP contribution >= 0.6 is 0 Å². The molecule has 1 amide bonds. The lowest BCUT2D eigenvalue weighted by molar-refractivity contribution is 0.0997. The number of nitrogens with zero attached hydrogens (tertiary/aromatic N) is 5. The molecule has 0 aliphatic rings. The predicted molar refractivity (Wildman–Crippen MR) is 118 cm³/mol. The molecule has 0 saturated carbocycles. The summed E-state index contributed by atoms with van der Waals surface area (Å²) in [6.45, 7) is 4.29. The van der Waals surface area contributed by atoms with Crippen molar-refractivity contribution in [2.24, 2.45) is 4.99 Å². The molecule has 3 aromatic heterocycles. The largest absolute Gasteiger partial charge is 0.309 e. The highest BCUT2D eigenvalue weighted by atomic mass is 19.1. The molecule has 0 spiro atoms. The summed E-state index contributed by atoms with van der Waals surface area (Å²) in [4.78, 5) is 34.9. The Morgan fingerprint density at radius 3 is 2.66 bits per heavy atom. The van der Waals surface area contributed by atoms with Crippen molar-refractivity contribution < 1.29 is 9.18 Å². The van der Waals surface area contributed by atoms with E-state index < -0.39 is 11.7 Å². The monoisotopic (exact) mass is 429 g/mol. The first-order valence-electron chi connectivity index (χ1n) is 10.2. The number of carbonyl (C=O) groups is 1. The molecule has 0 unspecified atom stereocenters. The summed E-state index contributed by atoms with van der Waals surface area (Å²) in [5, 5.41) is 10.1. The second-order valence-electron chi connectivity index (χ2n) is 7.46. The zero-order valence-corrected chi connectivity index (χ0v) is 17.7. The molecule has 1 aromatic carbocycles. The van der Waals surface area contributed by atoms with E-state index in [9.17, 15) is 19.2 Å². The van der Waals surface area contributed by atoms with E-state index in [1.165, 1.54) is 34.7 Å². The molecule has 0 aliphatic carbocycles. The zero-order chi connectivity index (χ0) is 22.8. The average molecular weight is 429 g/mol. The van der Waals surface area contributed by atoms with E-state index in [4.69, 9.17) is 4.98 Å². The third kappa shape index (κ3) is 3.69. The third-order valence-corrected chi connectivity index (χ3v) is 5.26. The molecule has 7 nitrogen and oxygen atoms in total. The minimum absolute atomic E-state index is 0.0931. The molecule has 0 atom stereocenters. The Hall–Kier alpha value is -4.12. The maximum absolute atomic E-state index is 13.2. The van der Waals surface area contributed by atoms with Gasteiger partial charge in [-0.1, -0.05) is 19.4 Å². The van der Waals surface area contributed by atoms with E-state index in [-0.39, 0.29) is 27.6 Å². The molecular formula is C24H20FN5O2. The van der Waals surface area contributed by atoms with Crippen LogP contribution in [0.2, 0.25) is 0 Å². The number of amides is 1. The Kier molecular flexibility index (Phi) is 5.65. The second kappa shape index (κ2) is 8.55. The number of hydrogen-bond acceptors (Lipinski definition) is 4. The van der Waals surface area contributed by atoms with Crippen molar-refractivity contribution in [1.82, 2.24) is 14.0 Å². The Bertz CT molecular complexity index is 1530. The van der Waals surface area contributed by atoms with Gasteiger partial charge >= 0.3 is 0 Å². The van der Waals surface area contributed by atoms with Crippen molar-refractivity contribution in [2.45, 2.75) is 33.2 Å². The SMILES string of the molecule is CCCCn1c(=NC(=O)c2ccc(F)cc2)c(C#N)cc2c(=O)n3cccc(C)c3nc21. The van der Waals surface area contributed by atoms with Crippen LogP contribution in [0.25, 0.3) is 16.7 Å². The van der Waals surface area contributed by atoms with Crippen molar-refractivity contribution in [1.29, 1.82) is 5.26 Å². The summed E-state index contributed by atoms with van der Waals surface area (Å²) in [5.74, 6) is -1.07. The Morgan fingerprint density at radius 1 is 1.22 bits per heavy atom. The second-order valence-corrected chi connectivity index (χ2v) is 7.46. The molecule has 160 valence electrons. The van der Waals surface area contributed by atoms with E-state index in [1.807, 2.05) is 19.9 Å². The first-order valence-corrected chi connectivity index (χ1v) is 10.2. The van der Waals surface area contributed by atoms with Crippen LogP contribution in [0.1, 0.15) is 41.3 Å². The standard InChI is InChI=1S/C24H20FN5O2/c1-3-4-11-29-21(28-23(31)16-7-9-18(25)10-8-16)17(14-26)13-19-22(29)27-20-15(2)6-5-12-30(20)24(19)32/h5-10,12-13H,3-4,11H2,1-2H3. The minimum atomic E-state index is -0.611. The van der Waals surface area contributed by atoms with Gasteiger partial charge in [0.05, 0.1) is 10.9 Å². The van der Waals surface area contributed by atoms with Gasteiger partial charge in [-0.05, 0) is 55.3 Å². The maximum atomic E-state index is 13.2. The third-order valence-electron chi connectivity index (χ3n) is 5.26. The summed E-state index contributed by atoms with van der Waals surface area (Å²) in [6.07, 6.45) is 3.22. The van der Waals surface area contributed by atoms with Crippen LogP contribution in [-0.2, 0) is 6.54 Å². The van der Waals surface area contributed by atoms with Gasteiger partial charge < -0.3 is 4.57 Å². The average Bonchev–Trinajstić information content (AvgIpc) is 2.79. The predicted octanol–water partition coefficient (Wildman–Crippen LogP) is 3.51. The number of aromatic nitrogens is 3. The van der Waals surface area contributed by atoms with Crippen LogP contribution in [0.5, 0.6) is 0 Å². The number of unbranched alkanes of at least 4 members (excludes halogenated alkanes) is 1. The molecule has 8 heteroatoms. The summed E-state index contributed by atoms with van der Waals surface area (Å²) in [6, 6.07) is 12.1. The number of halogens is 1. The van der Waals surface area contributed by atoms with Crippen molar-refractivity contribution in [3.05, 3.63) is 87.0 Å². The summed E-state index contributed by atoms with van der Waals surface area (Å²) >= 11 is 0. The fraction of sp³-hybridized carbons (Fsp3) is 0.208. The topological polar surface area (TPSA) is 92.5 Å². The van der Waals surface area contributed by atoms with Crippen molar-refractivity contribution in [2.75, 3.05) is 0 Å². The van der Waals surface area contributed by atoms with Crippen molar-refractivity contribution >= 4 is 22.6 Å². The zero-order valence-electron chi connectivity index (χ0n) is 17.7. The quantitative estimate of drug-likeness (QED) is 0.464. The Labute approximate surface area is 182 Å². The first-order chi connectivity index (χ1) is 15.4. The Balaban J connectivity index is 2.09. The molecule has 0 radical (unpaired) electrons. The van der Waals surface area contributed by atoms with Crippen LogP contribution < -0.4 is 11.0 Å². The van der Waals surface area contributed by atoms with E-state index in [2.05, 4.69) is 11.1 Å². The van der Waals surface area contributed by atoms with Gasteiger partial charge in [0.25, 0.3) is 11.5 Å². The number of benzene rings is 1. The van der Waals surface area contributed by atoms with E-state index in [0.29, 0.717) is 17.8 Å². The molecule has 3 heterocycles. The molecule has 0 bridgehead atoms. The summed E-state index contributed by atoms with van der Waals surface area (Å²) in [5.41, 5.74) is 1.80. The molecule has 0 saturated heterocycles. The highest BCUT2D eigenvalue weighted by Gasteiger charge is 2.16. The first kappa shape index (κ1) is 21.1. The lowest BCUT2D eigenvalue weighted by Crippen LogP contribution is -2.29. The van der Waals surface area contributed by atoms with E-state index in [1.54, 1.807) is 16.8 Å². The fourth-order valence-corrected chi connectivity index (χ4v) is 3.57. The van der Waals surface area contributed by atoms with Crippen LogP contribution in [0, 0.1) is 24.1 Å². The molecule has 4 aromatic rings. The highest BCUT2D eigenvalue weighted by Crippen LogP contribution is 2.14. The van der Waals surface area contributed by atoms with E-state index >= 15 is 0 Å². The van der Waals surface area contributed by atoms with E-state index in [0.717, 1.165) is 18.4 Å². The number of fused-ring (bicyclic) bond motifs is 2. The van der Waals surface area contributed by atoms with Gasteiger partial charge in [-0.15, -0.1) is 0 Å². The van der Waals surface area contributed by atoms with Gasteiger partial charge in [0.2, 0.25) is 0 Å². The number of rotatable bonds is 4. The molecular weight excluding hydrogens is 409 g/mol. The van der Waals surface area contributed by atoms with Gasteiger partial charge in [0.15, 0.2) is 5.49 Å². The maximum Gasteiger partial charge on any atom is 0.278 e. The smallest absolute Gasteiger partial charge is 0.278 e.